The quantitative estimate of drug-likeness (QED) is 0.549. The highest BCUT2D eigenvalue weighted by molar-refractivity contribution is 7.81. The molecule has 14 heavy (non-hydrogen) atoms. The summed E-state index contributed by atoms with van der Waals surface area (Å²) in [4.78, 5) is 23.4. The number of hydrogen-bond acceptors (Lipinski definition) is 4. The van der Waals surface area contributed by atoms with Crippen molar-refractivity contribution in [3.63, 3.8) is 0 Å². The molecule has 6 heteroatoms. The fourth-order valence-corrected chi connectivity index (χ4v) is 1.88. The largest absolute Gasteiger partial charge is 0.480 e. The third kappa shape index (κ3) is 2.39. The highest BCUT2D eigenvalue weighted by Crippen LogP contribution is 2.20. The van der Waals surface area contributed by atoms with Crippen LogP contribution in [0, 0.1) is 0 Å². The van der Waals surface area contributed by atoms with Gasteiger partial charge in [-0.3, -0.25) is 4.79 Å². The Labute approximate surface area is 87.1 Å². The number of hydrogen-bond donors (Lipinski definition) is 3. The van der Waals surface area contributed by atoms with Gasteiger partial charge in [0.1, 0.15) is 6.04 Å². The molecule has 1 aliphatic rings. The second kappa shape index (κ2) is 4.65. The van der Waals surface area contributed by atoms with E-state index in [4.69, 9.17) is 10.2 Å². The third-order valence-electron chi connectivity index (χ3n) is 2.20. The molecule has 0 aromatic carbocycles. The molecule has 0 aliphatic carbocycles. The van der Waals surface area contributed by atoms with Crippen LogP contribution in [-0.4, -0.2) is 51.4 Å². The predicted octanol–water partition coefficient (Wildman–Crippen LogP) is -0.647. The molecule has 1 heterocycles. The van der Waals surface area contributed by atoms with E-state index in [9.17, 15) is 9.59 Å². The maximum absolute atomic E-state index is 11.3. The van der Waals surface area contributed by atoms with Gasteiger partial charge in [0.2, 0.25) is 5.91 Å². The summed E-state index contributed by atoms with van der Waals surface area (Å²) in [6, 6.07) is -0.912. The van der Waals surface area contributed by atoms with Crippen LogP contribution in [0.2, 0.25) is 0 Å². The molecule has 1 amide bonds. The number of carboxylic acids is 1. The van der Waals surface area contributed by atoms with Crippen molar-refractivity contribution in [2.45, 2.75) is 24.1 Å². The number of aliphatic hydroxyl groups excluding tert-OH is 1. The average molecular weight is 219 g/mol. The minimum atomic E-state index is -1.07. The number of carbonyl (C=O) groups excluding carboxylic acids is 1. The lowest BCUT2D eigenvalue weighted by atomic mass is 10.2. The van der Waals surface area contributed by atoms with Crippen LogP contribution in [0.3, 0.4) is 0 Å². The summed E-state index contributed by atoms with van der Waals surface area (Å²) < 4.78 is 0. The van der Waals surface area contributed by atoms with Gasteiger partial charge in [-0.15, -0.1) is 0 Å². The van der Waals surface area contributed by atoms with Crippen molar-refractivity contribution in [1.29, 1.82) is 0 Å². The van der Waals surface area contributed by atoms with E-state index in [1.165, 1.54) is 4.90 Å². The molecule has 1 rings (SSSR count). The van der Waals surface area contributed by atoms with Gasteiger partial charge in [0.05, 0.1) is 0 Å². The Morgan fingerprint density at radius 1 is 1.71 bits per heavy atom. The fourth-order valence-electron chi connectivity index (χ4n) is 1.55. The van der Waals surface area contributed by atoms with E-state index < -0.39 is 12.0 Å². The number of likely N-dealkylation sites (tertiary alicyclic amines) is 1. The van der Waals surface area contributed by atoms with Crippen molar-refractivity contribution < 1.29 is 19.8 Å². The lowest BCUT2D eigenvalue weighted by Gasteiger charge is -2.23. The summed E-state index contributed by atoms with van der Waals surface area (Å²) in [5, 5.41) is 17.4. The average Bonchev–Trinajstić information content (AvgIpc) is 2.40. The standard InChI is InChI=1S/C8H13NO4S/c10-2-1-6(8(12)13)9-4-5(14)3-7(9)11/h5-6,10,14H,1-4H2,(H,12,13). The molecule has 1 saturated heterocycles. The molecular formula is C8H13NO4S. The number of aliphatic hydroxyl groups is 1. The molecule has 0 aromatic rings. The first kappa shape index (κ1) is 11.3. The molecule has 0 saturated carbocycles. The maximum atomic E-state index is 11.3. The minimum absolute atomic E-state index is 0.0710. The smallest absolute Gasteiger partial charge is 0.326 e. The van der Waals surface area contributed by atoms with Gasteiger partial charge in [0.15, 0.2) is 0 Å². The Balaban J connectivity index is 2.68. The summed E-state index contributed by atoms with van der Waals surface area (Å²) in [7, 11) is 0. The second-order valence-corrected chi connectivity index (χ2v) is 4.00. The SMILES string of the molecule is O=C(O)C(CCO)N1CC(S)CC1=O. The van der Waals surface area contributed by atoms with Gasteiger partial charge in [-0.2, -0.15) is 12.6 Å². The van der Waals surface area contributed by atoms with Crippen LogP contribution < -0.4 is 0 Å². The van der Waals surface area contributed by atoms with E-state index in [0.29, 0.717) is 6.54 Å². The number of thiol groups is 1. The number of aliphatic carboxylic acids is 1. The van der Waals surface area contributed by atoms with Gasteiger partial charge in [-0.25, -0.2) is 4.79 Å². The first-order chi connectivity index (χ1) is 6.56. The molecule has 0 radical (unpaired) electrons. The van der Waals surface area contributed by atoms with Crippen LogP contribution in [0.25, 0.3) is 0 Å². The van der Waals surface area contributed by atoms with Crippen LogP contribution in [0.15, 0.2) is 0 Å². The second-order valence-electron chi connectivity index (χ2n) is 3.27. The zero-order valence-corrected chi connectivity index (χ0v) is 8.48. The summed E-state index contributed by atoms with van der Waals surface area (Å²) >= 11 is 4.12. The van der Waals surface area contributed by atoms with Crippen molar-refractivity contribution in [3.05, 3.63) is 0 Å². The minimum Gasteiger partial charge on any atom is -0.480 e. The highest BCUT2D eigenvalue weighted by atomic mass is 32.1. The van der Waals surface area contributed by atoms with Crippen molar-refractivity contribution in [3.8, 4) is 0 Å². The number of amides is 1. The Bertz CT molecular complexity index is 245. The molecule has 2 unspecified atom stereocenters. The van der Waals surface area contributed by atoms with E-state index >= 15 is 0 Å². The van der Waals surface area contributed by atoms with Crippen molar-refractivity contribution in [2.75, 3.05) is 13.2 Å². The summed E-state index contributed by atoms with van der Waals surface area (Å²) in [6.45, 7) is 0.108. The van der Waals surface area contributed by atoms with E-state index in [2.05, 4.69) is 12.6 Å². The van der Waals surface area contributed by atoms with E-state index in [1.54, 1.807) is 0 Å². The van der Waals surface area contributed by atoms with E-state index in [0.717, 1.165) is 0 Å². The summed E-state index contributed by atoms with van der Waals surface area (Å²) in [6.07, 6.45) is 0.347. The topological polar surface area (TPSA) is 77.8 Å². The zero-order chi connectivity index (χ0) is 10.7. The normalized spacial score (nSPS) is 24.0. The third-order valence-corrected chi connectivity index (χ3v) is 2.55. The molecule has 1 aliphatic heterocycles. The van der Waals surface area contributed by atoms with Gasteiger partial charge in [0.25, 0.3) is 0 Å². The first-order valence-electron chi connectivity index (χ1n) is 4.37. The van der Waals surface area contributed by atoms with Crippen molar-refractivity contribution in [2.24, 2.45) is 0 Å². The summed E-state index contributed by atoms with van der Waals surface area (Å²) in [5.41, 5.74) is 0. The summed E-state index contributed by atoms with van der Waals surface area (Å²) in [5.74, 6) is -1.28. The van der Waals surface area contributed by atoms with Crippen LogP contribution in [0.1, 0.15) is 12.8 Å². The Morgan fingerprint density at radius 3 is 2.71 bits per heavy atom. The van der Waals surface area contributed by atoms with Gasteiger partial charge >= 0.3 is 5.97 Å². The van der Waals surface area contributed by atoms with Crippen LogP contribution >= 0.6 is 12.6 Å². The molecule has 0 bridgehead atoms. The lowest BCUT2D eigenvalue weighted by Crippen LogP contribution is -2.42. The van der Waals surface area contributed by atoms with Crippen LogP contribution in [0.4, 0.5) is 0 Å². The van der Waals surface area contributed by atoms with E-state index in [1.807, 2.05) is 0 Å². The molecule has 0 aromatic heterocycles. The number of rotatable bonds is 4. The number of carbonyl (C=O) groups is 2. The monoisotopic (exact) mass is 219 g/mol. The Kier molecular flexibility index (Phi) is 3.77. The zero-order valence-electron chi connectivity index (χ0n) is 7.59. The van der Waals surface area contributed by atoms with Crippen LogP contribution in [-0.2, 0) is 9.59 Å². The van der Waals surface area contributed by atoms with Gasteiger partial charge in [-0.1, -0.05) is 0 Å². The molecular weight excluding hydrogens is 206 g/mol. The molecule has 1 fully saturated rings. The van der Waals surface area contributed by atoms with E-state index in [-0.39, 0.29) is 30.6 Å². The number of nitrogens with zero attached hydrogens (tertiary/aromatic N) is 1. The first-order valence-corrected chi connectivity index (χ1v) is 4.89. The molecule has 5 nitrogen and oxygen atoms in total. The van der Waals surface area contributed by atoms with Gasteiger partial charge < -0.3 is 15.1 Å². The van der Waals surface area contributed by atoms with Gasteiger partial charge in [-0.05, 0) is 0 Å². The van der Waals surface area contributed by atoms with Crippen molar-refractivity contribution >= 4 is 24.5 Å². The highest BCUT2D eigenvalue weighted by Gasteiger charge is 2.35. The molecule has 0 spiro atoms. The predicted molar refractivity (Wildman–Crippen MR) is 52.2 cm³/mol. The number of carboxylic acid groups (broad SMARTS) is 1. The van der Waals surface area contributed by atoms with Crippen molar-refractivity contribution in [1.82, 2.24) is 4.90 Å². The molecule has 2 N–H and O–H groups in total. The Hall–Kier alpha value is -0.750. The lowest BCUT2D eigenvalue weighted by molar-refractivity contribution is -0.148. The fraction of sp³-hybridized carbons (Fsp3) is 0.750. The maximum Gasteiger partial charge on any atom is 0.326 e. The Morgan fingerprint density at radius 2 is 2.36 bits per heavy atom. The van der Waals surface area contributed by atoms with Crippen LogP contribution in [0.5, 0.6) is 0 Å². The van der Waals surface area contributed by atoms with Gasteiger partial charge in [0, 0.05) is 31.2 Å². The molecule has 2 atom stereocenters. The molecule has 80 valence electrons.